The fourth-order valence-electron chi connectivity index (χ4n) is 3.74. The number of carbonyl (C=O) groups is 1. The highest BCUT2D eigenvalue weighted by molar-refractivity contribution is 5.99. The first kappa shape index (κ1) is 12.5. The topological polar surface area (TPSA) is 54.0 Å². The van der Waals surface area contributed by atoms with E-state index >= 15 is 0 Å². The zero-order valence-electron chi connectivity index (χ0n) is 11.4. The number of fused-ring (bicyclic) bond motifs is 2. The van der Waals surface area contributed by atoms with Crippen molar-refractivity contribution in [3.63, 3.8) is 0 Å². The average molecular weight is 259 g/mol. The molecule has 2 saturated carbocycles. The van der Waals surface area contributed by atoms with Crippen molar-refractivity contribution in [3.05, 3.63) is 24.0 Å². The van der Waals surface area contributed by atoms with Gasteiger partial charge in [0.05, 0.1) is 17.4 Å². The number of rotatable bonds is 4. The fourth-order valence-corrected chi connectivity index (χ4v) is 3.74. The van der Waals surface area contributed by atoms with Crippen LogP contribution in [0.5, 0.6) is 0 Å². The van der Waals surface area contributed by atoms with Crippen LogP contribution in [0.4, 0.5) is 5.69 Å². The maximum atomic E-state index is 12.2. The summed E-state index contributed by atoms with van der Waals surface area (Å²) in [7, 11) is 1.81. The van der Waals surface area contributed by atoms with Crippen molar-refractivity contribution < 1.29 is 4.79 Å². The van der Waals surface area contributed by atoms with Crippen molar-refractivity contribution in [1.82, 2.24) is 10.3 Å². The van der Waals surface area contributed by atoms with Gasteiger partial charge in [0.2, 0.25) is 0 Å². The van der Waals surface area contributed by atoms with Crippen LogP contribution in [-0.2, 0) is 0 Å². The summed E-state index contributed by atoms with van der Waals surface area (Å²) in [6.07, 6.45) is 8.81. The molecule has 0 spiro atoms. The van der Waals surface area contributed by atoms with Gasteiger partial charge in [0, 0.05) is 19.8 Å². The normalized spacial score (nSPS) is 28.4. The summed E-state index contributed by atoms with van der Waals surface area (Å²) < 4.78 is 0. The number of hydrogen-bond donors (Lipinski definition) is 2. The Labute approximate surface area is 114 Å². The lowest BCUT2D eigenvalue weighted by Gasteiger charge is -2.22. The number of hydrogen-bond acceptors (Lipinski definition) is 3. The minimum atomic E-state index is 0.00882. The number of pyridine rings is 1. The Hall–Kier alpha value is -1.58. The second kappa shape index (κ2) is 5.19. The highest BCUT2D eigenvalue weighted by atomic mass is 16.1. The molecule has 3 unspecified atom stereocenters. The Bertz CT molecular complexity index is 474. The standard InChI is InChI=1S/C15H21N3O/c1-16-14-9-17-5-4-13(14)15(19)18-8-12-7-10-2-3-11(12)6-10/h4-5,9-12,16H,2-3,6-8H2,1H3,(H,18,19). The van der Waals surface area contributed by atoms with Gasteiger partial charge in [-0.15, -0.1) is 0 Å². The van der Waals surface area contributed by atoms with Crippen LogP contribution >= 0.6 is 0 Å². The molecular formula is C15H21N3O. The van der Waals surface area contributed by atoms with E-state index in [1.807, 2.05) is 7.05 Å². The van der Waals surface area contributed by atoms with Crippen LogP contribution in [-0.4, -0.2) is 24.5 Å². The molecule has 3 rings (SSSR count). The molecule has 3 atom stereocenters. The maximum absolute atomic E-state index is 12.2. The van der Waals surface area contributed by atoms with E-state index in [4.69, 9.17) is 0 Å². The Kier molecular flexibility index (Phi) is 3.40. The van der Waals surface area contributed by atoms with Gasteiger partial charge in [0.15, 0.2) is 0 Å². The number of amides is 1. The molecule has 1 aromatic heterocycles. The number of aromatic nitrogens is 1. The van der Waals surface area contributed by atoms with Crippen LogP contribution in [0.25, 0.3) is 0 Å². The van der Waals surface area contributed by atoms with E-state index in [0.29, 0.717) is 11.5 Å². The minimum Gasteiger partial charge on any atom is -0.386 e. The van der Waals surface area contributed by atoms with E-state index < -0.39 is 0 Å². The first-order chi connectivity index (χ1) is 9.28. The van der Waals surface area contributed by atoms with Crippen molar-refractivity contribution >= 4 is 11.6 Å². The summed E-state index contributed by atoms with van der Waals surface area (Å²) in [5.41, 5.74) is 1.47. The number of carbonyl (C=O) groups excluding carboxylic acids is 1. The molecule has 1 heterocycles. The molecule has 1 amide bonds. The molecule has 2 fully saturated rings. The van der Waals surface area contributed by atoms with Crippen molar-refractivity contribution in [1.29, 1.82) is 0 Å². The highest BCUT2D eigenvalue weighted by Crippen LogP contribution is 2.47. The lowest BCUT2D eigenvalue weighted by atomic mass is 9.89. The second-order valence-electron chi connectivity index (χ2n) is 5.82. The van der Waals surface area contributed by atoms with Gasteiger partial charge in [-0.25, -0.2) is 0 Å². The third kappa shape index (κ3) is 2.44. The molecule has 0 aliphatic heterocycles. The summed E-state index contributed by atoms with van der Waals surface area (Å²) in [6.45, 7) is 0.825. The van der Waals surface area contributed by atoms with E-state index in [1.54, 1.807) is 18.5 Å². The summed E-state index contributed by atoms with van der Waals surface area (Å²) in [4.78, 5) is 16.2. The smallest absolute Gasteiger partial charge is 0.253 e. The van der Waals surface area contributed by atoms with Gasteiger partial charge in [0.25, 0.3) is 5.91 Å². The first-order valence-corrected chi connectivity index (χ1v) is 7.18. The number of nitrogens with zero attached hydrogens (tertiary/aromatic N) is 1. The fraction of sp³-hybridized carbons (Fsp3) is 0.600. The van der Waals surface area contributed by atoms with Gasteiger partial charge >= 0.3 is 0 Å². The monoisotopic (exact) mass is 259 g/mol. The zero-order valence-corrected chi connectivity index (χ0v) is 11.4. The van der Waals surface area contributed by atoms with Gasteiger partial charge in [-0.05, 0) is 43.1 Å². The molecule has 4 heteroatoms. The Morgan fingerprint density at radius 3 is 3.00 bits per heavy atom. The van der Waals surface area contributed by atoms with Crippen LogP contribution < -0.4 is 10.6 Å². The molecule has 19 heavy (non-hydrogen) atoms. The van der Waals surface area contributed by atoms with Gasteiger partial charge in [0.1, 0.15) is 0 Å². The second-order valence-corrected chi connectivity index (χ2v) is 5.82. The van der Waals surface area contributed by atoms with Crippen molar-refractivity contribution in [2.75, 3.05) is 18.9 Å². The van der Waals surface area contributed by atoms with Crippen LogP contribution in [0.15, 0.2) is 18.5 Å². The molecule has 0 saturated heterocycles. The summed E-state index contributed by atoms with van der Waals surface area (Å²) in [5.74, 6) is 2.49. The van der Waals surface area contributed by atoms with E-state index in [9.17, 15) is 4.79 Å². The molecule has 2 aliphatic rings. The Morgan fingerprint density at radius 2 is 2.32 bits per heavy atom. The van der Waals surface area contributed by atoms with Crippen LogP contribution in [0, 0.1) is 17.8 Å². The summed E-state index contributed by atoms with van der Waals surface area (Å²) >= 11 is 0. The van der Waals surface area contributed by atoms with E-state index in [0.717, 1.165) is 24.1 Å². The summed E-state index contributed by atoms with van der Waals surface area (Å²) in [5, 5.41) is 6.10. The SMILES string of the molecule is CNc1cnccc1C(=O)NCC1CC2CCC1C2. The first-order valence-electron chi connectivity index (χ1n) is 7.18. The zero-order chi connectivity index (χ0) is 13.2. The quantitative estimate of drug-likeness (QED) is 0.872. The van der Waals surface area contributed by atoms with Gasteiger partial charge in [-0.2, -0.15) is 0 Å². The van der Waals surface area contributed by atoms with Gasteiger partial charge < -0.3 is 10.6 Å². The van der Waals surface area contributed by atoms with E-state index in [-0.39, 0.29) is 5.91 Å². The minimum absolute atomic E-state index is 0.00882. The van der Waals surface area contributed by atoms with Crippen molar-refractivity contribution in [2.45, 2.75) is 25.7 Å². The molecule has 2 N–H and O–H groups in total. The maximum Gasteiger partial charge on any atom is 0.253 e. The van der Waals surface area contributed by atoms with Crippen LogP contribution in [0.1, 0.15) is 36.0 Å². The molecule has 0 radical (unpaired) electrons. The number of anilines is 1. The molecule has 2 aliphatic carbocycles. The Morgan fingerprint density at radius 1 is 1.42 bits per heavy atom. The largest absolute Gasteiger partial charge is 0.386 e. The molecule has 0 aromatic carbocycles. The predicted molar refractivity (Wildman–Crippen MR) is 75.1 cm³/mol. The van der Waals surface area contributed by atoms with Gasteiger partial charge in [-0.1, -0.05) is 6.42 Å². The molecule has 2 bridgehead atoms. The van der Waals surface area contributed by atoms with Crippen molar-refractivity contribution in [2.24, 2.45) is 17.8 Å². The lowest BCUT2D eigenvalue weighted by molar-refractivity contribution is 0.0942. The summed E-state index contributed by atoms with van der Waals surface area (Å²) in [6, 6.07) is 1.77. The molecule has 4 nitrogen and oxygen atoms in total. The highest BCUT2D eigenvalue weighted by Gasteiger charge is 2.39. The molecule has 1 aromatic rings. The third-order valence-electron chi connectivity index (χ3n) is 4.74. The third-order valence-corrected chi connectivity index (χ3v) is 4.74. The van der Waals surface area contributed by atoms with E-state index in [2.05, 4.69) is 15.6 Å². The molecular weight excluding hydrogens is 238 g/mol. The lowest BCUT2D eigenvalue weighted by Crippen LogP contribution is -2.32. The average Bonchev–Trinajstić information content (AvgIpc) is 3.07. The van der Waals surface area contributed by atoms with Crippen LogP contribution in [0.3, 0.4) is 0 Å². The molecule has 102 valence electrons. The predicted octanol–water partition coefficient (Wildman–Crippen LogP) is 2.29. The number of nitrogens with one attached hydrogen (secondary N) is 2. The van der Waals surface area contributed by atoms with Crippen molar-refractivity contribution in [3.8, 4) is 0 Å². The van der Waals surface area contributed by atoms with Crippen LogP contribution in [0.2, 0.25) is 0 Å². The Balaban J connectivity index is 1.59. The van der Waals surface area contributed by atoms with E-state index in [1.165, 1.54) is 25.7 Å². The van der Waals surface area contributed by atoms with Gasteiger partial charge in [-0.3, -0.25) is 9.78 Å².